The first-order valence-electron chi connectivity index (χ1n) is 9.85. The number of carboxylic acids is 1. The molecule has 0 heterocycles. The lowest BCUT2D eigenvalue weighted by Crippen LogP contribution is -2.10. The molecule has 3 heteroatoms. The Balaban J connectivity index is 2.42. The van der Waals surface area contributed by atoms with E-state index in [1.165, 1.54) is 22.8 Å². The van der Waals surface area contributed by atoms with Crippen molar-refractivity contribution in [1.29, 1.82) is 0 Å². The van der Waals surface area contributed by atoms with E-state index in [2.05, 4.69) is 58.9 Å². The van der Waals surface area contributed by atoms with E-state index in [-0.39, 0.29) is 5.41 Å². The van der Waals surface area contributed by atoms with Gasteiger partial charge in [0.1, 0.15) is 0 Å². The second-order valence-corrected chi connectivity index (χ2v) is 8.65. The minimum Gasteiger partial charge on any atom is -0.478 e. The van der Waals surface area contributed by atoms with Crippen molar-refractivity contribution in [3.05, 3.63) is 58.7 Å². The zero-order chi connectivity index (χ0) is 20.4. The second-order valence-electron chi connectivity index (χ2n) is 8.65. The highest BCUT2D eigenvalue weighted by atomic mass is 16.5. The van der Waals surface area contributed by atoms with Crippen LogP contribution in [-0.4, -0.2) is 24.8 Å². The van der Waals surface area contributed by atoms with Crippen LogP contribution < -0.4 is 0 Å². The highest BCUT2D eigenvalue weighted by molar-refractivity contribution is 5.81. The molecule has 1 fully saturated rings. The lowest BCUT2D eigenvalue weighted by molar-refractivity contribution is -0.131. The Morgan fingerprint density at radius 2 is 1.74 bits per heavy atom. The van der Waals surface area contributed by atoms with Crippen LogP contribution in [-0.2, 0) is 14.9 Å². The maximum absolute atomic E-state index is 10.9. The van der Waals surface area contributed by atoms with Crippen molar-refractivity contribution in [2.24, 2.45) is 11.8 Å². The quantitative estimate of drug-likeness (QED) is 0.474. The molecule has 1 aliphatic rings. The van der Waals surface area contributed by atoms with Gasteiger partial charge in [0.05, 0.1) is 6.61 Å². The summed E-state index contributed by atoms with van der Waals surface area (Å²) >= 11 is 0. The number of methoxy groups -OCH3 is 1. The third-order valence-corrected chi connectivity index (χ3v) is 5.98. The van der Waals surface area contributed by atoms with Crippen molar-refractivity contribution in [1.82, 2.24) is 0 Å². The number of carbonyl (C=O) groups is 1. The number of carboxylic acid groups (broad SMARTS) is 1. The smallest absolute Gasteiger partial charge is 0.328 e. The first-order chi connectivity index (χ1) is 12.6. The molecule has 148 valence electrons. The molecule has 27 heavy (non-hydrogen) atoms. The second kappa shape index (κ2) is 8.43. The Morgan fingerprint density at radius 3 is 2.19 bits per heavy atom. The molecular formula is C24H34O3. The van der Waals surface area contributed by atoms with Crippen molar-refractivity contribution in [3.8, 4) is 0 Å². The molecule has 0 unspecified atom stereocenters. The molecular weight excluding hydrogens is 336 g/mol. The summed E-state index contributed by atoms with van der Waals surface area (Å²) in [4.78, 5) is 10.9. The van der Waals surface area contributed by atoms with Gasteiger partial charge in [-0.15, -0.1) is 0 Å². The van der Waals surface area contributed by atoms with E-state index in [4.69, 9.17) is 9.84 Å². The predicted octanol–water partition coefficient (Wildman–Crippen LogP) is 5.67. The van der Waals surface area contributed by atoms with Gasteiger partial charge in [-0.2, -0.15) is 0 Å². The molecule has 0 saturated heterocycles. The Hall–Kier alpha value is -1.87. The van der Waals surface area contributed by atoms with Crippen LogP contribution in [0.5, 0.6) is 0 Å². The third-order valence-electron chi connectivity index (χ3n) is 5.98. The SMILES string of the molecule is COC[C@H]1[C@@H](/C=C/C(C)=C/C(=O)O)[C@]1(C)c1cc(C(C)C)cc(C(C)C)c1. The number of hydrogen-bond acceptors (Lipinski definition) is 2. The molecule has 1 aromatic rings. The topological polar surface area (TPSA) is 46.5 Å². The number of hydrogen-bond donors (Lipinski definition) is 1. The zero-order valence-corrected chi connectivity index (χ0v) is 17.7. The number of rotatable bonds is 8. The summed E-state index contributed by atoms with van der Waals surface area (Å²) < 4.78 is 5.50. The molecule has 3 atom stereocenters. The summed E-state index contributed by atoms with van der Waals surface area (Å²) in [7, 11) is 1.75. The monoisotopic (exact) mass is 370 g/mol. The van der Waals surface area contributed by atoms with Gasteiger partial charge in [0.2, 0.25) is 0 Å². The van der Waals surface area contributed by atoms with E-state index in [0.717, 1.165) is 5.57 Å². The maximum Gasteiger partial charge on any atom is 0.328 e. The summed E-state index contributed by atoms with van der Waals surface area (Å²) in [5, 5.41) is 8.92. The molecule has 1 saturated carbocycles. The summed E-state index contributed by atoms with van der Waals surface area (Å²) in [6.45, 7) is 13.8. The van der Waals surface area contributed by atoms with Gasteiger partial charge < -0.3 is 9.84 Å². The maximum atomic E-state index is 10.9. The average Bonchev–Trinajstić information content (AvgIpc) is 3.16. The van der Waals surface area contributed by atoms with Crippen LogP contribution in [0.4, 0.5) is 0 Å². The van der Waals surface area contributed by atoms with Gasteiger partial charge in [-0.3, -0.25) is 0 Å². The fraction of sp³-hybridized carbons (Fsp3) is 0.542. The highest BCUT2D eigenvalue weighted by Gasteiger charge is 2.60. The van der Waals surface area contributed by atoms with E-state index >= 15 is 0 Å². The van der Waals surface area contributed by atoms with E-state index in [1.807, 2.05) is 13.0 Å². The van der Waals surface area contributed by atoms with Crippen LogP contribution in [0.3, 0.4) is 0 Å². The molecule has 0 amide bonds. The van der Waals surface area contributed by atoms with Crippen molar-refractivity contribution in [2.75, 3.05) is 13.7 Å². The van der Waals surface area contributed by atoms with Crippen LogP contribution in [0.1, 0.15) is 70.1 Å². The Kier molecular flexibility index (Phi) is 6.69. The van der Waals surface area contributed by atoms with E-state index < -0.39 is 5.97 Å². The van der Waals surface area contributed by atoms with Crippen LogP contribution in [0.25, 0.3) is 0 Å². The molecule has 0 spiro atoms. The van der Waals surface area contributed by atoms with Gasteiger partial charge in [0.15, 0.2) is 0 Å². The average molecular weight is 371 g/mol. The third kappa shape index (κ3) is 4.70. The lowest BCUT2D eigenvalue weighted by atomic mass is 9.86. The largest absolute Gasteiger partial charge is 0.478 e. The fourth-order valence-corrected chi connectivity index (χ4v) is 3.99. The van der Waals surface area contributed by atoms with Crippen LogP contribution in [0.15, 0.2) is 42.0 Å². The van der Waals surface area contributed by atoms with Crippen molar-refractivity contribution in [2.45, 2.75) is 58.8 Å². The standard InChI is InChI=1S/C24H34O3/c1-15(2)18-11-19(16(3)4)13-20(12-18)24(6)21(22(24)14-27-7)9-8-17(5)10-23(25)26/h8-13,15-16,21-22H,14H2,1-7H3,(H,25,26)/b9-8+,17-10+/t21-,22+,24+/m1/s1. The first-order valence-corrected chi connectivity index (χ1v) is 9.85. The van der Waals surface area contributed by atoms with Gasteiger partial charge >= 0.3 is 5.97 Å². The molecule has 0 radical (unpaired) electrons. The summed E-state index contributed by atoms with van der Waals surface area (Å²) in [6.07, 6.45) is 5.34. The zero-order valence-electron chi connectivity index (χ0n) is 17.7. The van der Waals surface area contributed by atoms with Crippen molar-refractivity contribution >= 4 is 5.97 Å². The van der Waals surface area contributed by atoms with Crippen LogP contribution in [0, 0.1) is 11.8 Å². The number of allylic oxidation sites excluding steroid dienone is 3. The van der Waals surface area contributed by atoms with E-state index in [1.54, 1.807) is 7.11 Å². The summed E-state index contributed by atoms with van der Waals surface area (Å²) in [6, 6.07) is 7.04. The summed E-state index contributed by atoms with van der Waals surface area (Å²) in [5.74, 6) is 0.812. The van der Waals surface area contributed by atoms with Gasteiger partial charge in [-0.1, -0.05) is 65.0 Å². The minimum atomic E-state index is -0.907. The molecule has 0 aromatic heterocycles. The molecule has 1 N–H and O–H groups in total. The molecule has 1 aliphatic carbocycles. The van der Waals surface area contributed by atoms with Gasteiger partial charge in [0.25, 0.3) is 0 Å². The normalized spacial score (nSPS) is 25.6. The molecule has 2 rings (SSSR count). The first kappa shape index (κ1) is 21.4. The predicted molar refractivity (Wildman–Crippen MR) is 111 cm³/mol. The Morgan fingerprint density at radius 1 is 1.19 bits per heavy atom. The fourth-order valence-electron chi connectivity index (χ4n) is 3.99. The van der Waals surface area contributed by atoms with Gasteiger partial charge in [0, 0.05) is 18.6 Å². The molecule has 0 aliphatic heterocycles. The molecule has 0 bridgehead atoms. The molecule has 3 nitrogen and oxygen atoms in total. The Labute approximate surface area is 164 Å². The number of ether oxygens (including phenoxy) is 1. The number of benzene rings is 1. The lowest BCUT2D eigenvalue weighted by Gasteiger charge is -2.19. The highest BCUT2D eigenvalue weighted by Crippen LogP contribution is 2.61. The van der Waals surface area contributed by atoms with Crippen LogP contribution in [0.2, 0.25) is 0 Å². The summed E-state index contributed by atoms with van der Waals surface area (Å²) in [5.41, 5.74) is 4.90. The van der Waals surface area contributed by atoms with Crippen LogP contribution >= 0.6 is 0 Å². The van der Waals surface area contributed by atoms with E-state index in [0.29, 0.717) is 30.3 Å². The van der Waals surface area contributed by atoms with E-state index in [9.17, 15) is 4.79 Å². The molecule has 1 aromatic carbocycles. The Bertz CT molecular complexity index is 716. The minimum absolute atomic E-state index is 0.0184. The van der Waals surface area contributed by atoms with Crippen molar-refractivity contribution in [3.63, 3.8) is 0 Å². The number of aliphatic carboxylic acids is 1. The van der Waals surface area contributed by atoms with Gasteiger partial charge in [-0.05, 0) is 52.9 Å². The van der Waals surface area contributed by atoms with Gasteiger partial charge in [-0.25, -0.2) is 4.79 Å². The van der Waals surface area contributed by atoms with Crippen molar-refractivity contribution < 1.29 is 14.6 Å².